The van der Waals surface area contributed by atoms with Crippen molar-refractivity contribution in [3.8, 4) is 35.4 Å². The molecule has 0 saturated carbocycles. The van der Waals surface area contributed by atoms with E-state index in [0.717, 1.165) is 83.5 Å². The normalized spacial score (nSPS) is 18.6. The summed E-state index contributed by atoms with van der Waals surface area (Å²) in [6, 6.07) is 9.75. The van der Waals surface area contributed by atoms with Crippen LogP contribution in [0.25, 0.3) is 22.3 Å². The zero-order valence-corrected chi connectivity index (χ0v) is 31.8. The van der Waals surface area contributed by atoms with E-state index in [1.165, 1.54) is 12.7 Å². The minimum absolute atomic E-state index is 0.0345. The van der Waals surface area contributed by atoms with Crippen LogP contribution in [0, 0.1) is 30.1 Å². The predicted molar refractivity (Wildman–Crippen MR) is 208 cm³/mol. The Kier molecular flexibility index (Phi) is 11.0. The number of carbonyl (C=O) groups is 4. The van der Waals surface area contributed by atoms with Crippen LogP contribution in [0.3, 0.4) is 0 Å². The molecule has 0 radical (unpaired) electrons. The molecule has 7 rings (SSSR count). The number of carboxylic acid groups (broad SMARTS) is 1. The average molecular weight is 759 g/mol. The van der Waals surface area contributed by atoms with Gasteiger partial charge < -0.3 is 40.2 Å². The molecule has 4 amide bonds. The number of hydrogen-bond donors (Lipinski definition) is 5. The van der Waals surface area contributed by atoms with Crippen LogP contribution in [0.15, 0.2) is 36.4 Å². The van der Waals surface area contributed by atoms with Gasteiger partial charge in [0.05, 0.1) is 35.9 Å². The third kappa shape index (κ3) is 7.78. The van der Waals surface area contributed by atoms with Crippen molar-refractivity contribution in [2.75, 3.05) is 20.2 Å². The van der Waals surface area contributed by atoms with Crippen LogP contribution in [0.1, 0.15) is 98.5 Å². The van der Waals surface area contributed by atoms with Crippen LogP contribution >= 0.6 is 0 Å². The molecular formula is C42H46N8O6. The Morgan fingerprint density at radius 1 is 0.911 bits per heavy atom. The first-order valence-electron chi connectivity index (χ1n) is 19.2. The molecule has 14 nitrogen and oxygen atoms in total. The molecule has 0 bridgehead atoms. The quantitative estimate of drug-likeness (QED) is 0.152. The summed E-state index contributed by atoms with van der Waals surface area (Å²) < 4.78 is 4.78. The number of likely N-dealkylation sites (tertiary alicyclic amines) is 2. The van der Waals surface area contributed by atoms with Gasteiger partial charge in [0.15, 0.2) is 0 Å². The molecule has 4 atom stereocenters. The summed E-state index contributed by atoms with van der Waals surface area (Å²) in [6.07, 6.45) is 9.21. The summed E-state index contributed by atoms with van der Waals surface area (Å²) in [5, 5.41) is 14.2. The number of alkyl carbamates (subject to hydrolysis) is 1. The molecule has 5 N–H and O–H groups in total. The van der Waals surface area contributed by atoms with Crippen molar-refractivity contribution in [1.29, 1.82) is 0 Å². The van der Waals surface area contributed by atoms with Gasteiger partial charge in [-0.15, -0.1) is 12.3 Å². The van der Waals surface area contributed by atoms with E-state index < -0.39 is 24.3 Å². The van der Waals surface area contributed by atoms with Crippen LogP contribution < -0.4 is 10.6 Å². The third-order valence-electron chi connectivity index (χ3n) is 10.9. The highest BCUT2D eigenvalue weighted by atomic mass is 16.5. The second kappa shape index (κ2) is 16.2. The van der Waals surface area contributed by atoms with Crippen LogP contribution in [0.2, 0.25) is 0 Å². The highest BCUT2D eigenvalue weighted by molar-refractivity contribution is 5.87. The first-order valence-corrected chi connectivity index (χ1v) is 19.2. The minimum Gasteiger partial charge on any atom is -0.465 e. The maximum Gasteiger partial charge on any atom is 0.407 e. The second-order valence-electron chi connectivity index (χ2n) is 14.9. The van der Waals surface area contributed by atoms with Crippen molar-refractivity contribution in [3.05, 3.63) is 70.4 Å². The SMILES string of the molecule is C#CC[C@H](NC(=O)O)C(=O)N1CCC[C@H]1c1nc2ccc(C#Cc3ccc4c(c3)CCCc3[nH]c([C@@H]5CCCN5C(=O)[C@@H](NC(=O)OC)C(C)C)nc3-4)cc2[nH]1. The van der Waals surface area contributed by atoms with Gasteiger partial charge in [-0.25, -0.2) is 19.6 Å². The van der Waals surface area contributed by atoms with E-state index in [0.29, 0.717) is 25.3 Å². The number of methoxy groups -OCH3 is 1. The van der Waals surface area contributed by atoms with Gasteiger partial charge in [-0.1, -0.05) is 31.8 Å². The Hall–Kier alpha value is -6.28. The van der Waals surface area contributed by atoms with E-state index >= 15 is 0 Å². The van der Waals surface area contributed by atoms with Gasteiger partial charge in [0.25, 0.3) is 0 Å². The molecule has 4 heterocycles. The van der Waals surface area contributed by atoms with Gasteiger partial charge in [-0.2, -0.15) is 0 Å². The minimum atomic E-state index is -1.30. The van der Waals surface area contributed by atoms with Gasteiger partial charge in [0.2, 0.25) is 11.8 Å². The topological polar surface area (TPSA) is 186 Å². The molecule has 0 spiro atoms. The number of benzene rings is 2. The number of hydrogen-bond acceptors (Lipinski definition) is 7. The lowest BCUT2D eigenvalue weighted by molar-refractivity contribution is -0.135. The van der Waals surface area contributed by atoms with Crippen molar-refractivity contribution < 1.29 is 29.0 Å². The monoisotopic (exact) mass is 758 g/mol. The lowest BCUT2D eigenvalue weighted by Crippen LogP contribution is -2.51. The maximum atomic E-state index is 13.7. The van der Waals surface area contributed by atoms with E-state index in [1.807, 2.05) is 43.0 Å². The van der Waals surface area contributed by atoms with Gasteiger partial charge in [0, 0.05) is 41.9 Å². The molecular weight excluding hydrogens is 713 g/mol. The number of aryl methyl sites for hydroxylation is 2. The Morgan fingerprint density at radius 2 is 1.59 bits per heavy atom. The van der Waals surface area contributed by atoms with Gasteiger partial charge in [-0.05, 0) is 86.8 Å². The van der Waals surface area contributed by atoms with E-state index in [1.54, 1.807) is 4.90 Å². The predicted octanol–water partition coefficient (Wildman–Crippen LogP) is 5.21. The van der Waals surface area contributed by atoms with E-state index in [-0.39, 0.29) is 36.2 Å². The summed E-state index contributed by atoms with van der Waals surface area (Å²) in [4.78, 5) is 70.6. The number of nitrogens with zero attached hydrogens (tertiary/aromatic N) is 4. The summed E-state index contributed by atoms with van der Waals surface area (Å²) in [7, 11) is 1.29. The molecule has 3 aliphatic rings. The number of amides is 4. The fourth-order valence-corrected chi connectivity index (χ4v) is 8.14. The highest BCUT2D eigenvalue weighted by Gasteiger charge is 2.39. The number of nitrogens with one attached hydrogen (secondary N) is 4. The second-order valence-corrected chi connectivity index (χ2v) is 14.9. The molecule has 2 aromatic heterocycles. The Morgan fingerprint density at radius 3 is 2.27 bits per heavy atom. The Labute approximate surface area is 325 Å². The average Bonchev–Trinajstić information content (AvgIpc) is 4.00. The number of terminal acetylenes is 1. The summed E-state index contributed by atoms with van der Waals surface area (Å²) in [5.74, 6) is 9.83. The number of aromatic amines is 2. The standard InChI is InChI=1S/C42H46N8O6/c1-5-9-31(46-41(53)54)39(51)49-20-7-12-33(49)37-43-29-19-17-26(23-32(29)45-37)15-14-25-16-18-28-27(22-25)10-6-11-30-36(28)47-38(44-30)34-13-8-21-50(34)40(52)35(24(2)3)48-42(55)56-4/h1,16-19,22-24,31,33-35,46H,6-13,20-21H2,2-4H3,(H,43,45)(H,44,47)(H,48,55)(H,53,54)/t31-,33-,34-,35-/m0/s1. The fourth-order valence-electron chi connectivity index (χ4n) is 8.14. The third-order valence-corrected chi connectivity index (χ3v) is 10.9. The van der Waals surface area contributed by atoms with Crippen molar-refractivity contribution in [3.63, 3.8) is 0 Å². The Bertz CT molecular complexity index is 2270. The molecule has 0 unspecified atom stereocenters. The summed E-state index contributed by atoms with van der Waals surface area (Å²) >= 11 is 0. The van der Waals surface area contributed by atoms with Crippen LogP contribution in [-0.2, 0) is 27.2 Å². The van der Waals surface area contributed by atoms with E-state index in [4.69, 9.17) is 21.1 Å². The van der Waals surface area contributed by atoms with Gasteiger partial charge >= 0.3 is 12.2 Å². The molecule has 2 aliphatic heterocycles. The van der Waals surface area contributed by atoms with Gasteiger partial charge in [-0.3, -0.25) is 9.59 Å². The number of H-pyrrole nitrogens is 2. The zero-order valence-electron chi connectivity index (χ0n) is 31.8. The number of carbonyl (C=O) groups excluding carboxylic acids is 3. The lowest BCUT2D eigenvalue weighted by Gasteiger charge is -2.30. The van der Waals surface area contributed by atoms with Gasteiger partial charge in [0.1, 0.15) is 23.7 Å². The molecule has 2 saturated heterocycles. The van der Waals surface area contributed by atoms with Crippen LogP contribution in [0.4, 0.5) is 9.59 Å². The number of imidazole rings is 2. The van der Waals surface area contributed by atoms with Crippen LogP contribution in [-0.4, -0.2) is 91.1 Å². The number of aromatic nitrogens is 4. The number of ether oxygens (including phenoxy) is 1. The highest BCUT2D eigenvalue weighted by Crippen LogP contribution is 2.37. The van der Waals surface area contributed by atoms with Crippen molar-refractivity contribution in [2.24, 2.45) is 5.92 Å². The number of fused-ring (bicyclic) bond motifs is 4. The molecule has 4 aromatic rings. The van der Waals surface area contributed by atoms with Crippen molar-refractivity contribution in [2.45, 2.75) is 89.4 Å². The zero-order chi connectivity index (χ0) is 39.5. The molecule has 1 aliphatic carbocycles. The lowest BCUT2D eigenvalue weighted by atomic mass is 9.99. The molecule has 56 heavy (non-hydrogen) atoms. The number of rotatable bonds is 8. The molecule has 14 heteroatoms. The van der Waals surface area contributed by atoms with Crippen molar-refractivity contribution in [1.82, 2.24) is 40.4 Å². The summed E-state index contributed by atoms with van der Waals surface area (Å²) in [5.41, 5.74) is 7.43. The summed E-state index contributed by atoms with van der Waals surface area (Å²) in [6.45, 7) is 4.89. The van der Waals surface area contributed by atoms with Crippen LogP contribution in [0.5, 0.6) is 0 Å². The van der Waals surface area contributed by atoms with Crippen molar-refractivity contribution >= 4 is 35.0 Å². The van der Waals surface area contributed by atoms with E-state index in [2.05, 4.69) is 50.5 Å². The maximum absolute atomic E-state index is 13.7. The largest absolute Gasteiger partial charge is 0.465 e. The molecule has 290 valence electrons. The molecule has 2 aromatic carbocycles. The fraction of sp³-hybridized carbons (Fsp3) is 0.429. The molecule has 2 fully saturated rings. The van der Waals surface area contributed by atoms with E-state index in [9.17, 15) is 24.3 Å². The smallest absolute Gasteiger partial charge is 0.407 e. The first-order chi connectivity index (χ1) is 27.0. The first kappa shape index (κ1) is 38.0. The Balaban J connectivity index is 1.08.